The molecule has 9 heteroatoms. The standard InChI is InChI=1S/C16H15F3N6/c17-16(18,19)12-8-23-15(24-9-3-5-20-6-9)25-13(12)11-7-22-14-10(11)2-1-4-21-14/h1-2,4,7-9,20H,3,5-6H2,(H,21,22)(H,23,24,25). The van der Waals surface area contributed by atoms with Gasteiger partial charge in [0.05, 0.1) is 5.69 Å². The van der Waals surface area contributed by atoms with Crippen LogP contribution in [0.5, 0.6) is 0 Å². The lowest BCUT2D eigenvalue weighted by Gasteiger charge is -2.15. The second-order valence-electron chi connectivity index (χ2n) is 5.89. The normalized spacial score (nSPS) is 18.0. The molecule has 0 bridgehead atoms. The van der Waals surface area contributed by atoms with Crippen molar-refractivity contribution in [1.82, 2.24) is 25.3 Å². The fraction of sp³-hybridized carbons (Fsp3) is 0.312. The Kier molecular flexibility index (Phi) is 3.79. The van der Waals surface area contributed by atoms with Gasteiger partial charge in [-0.05, 0) is 25.1 Å². The second kappa shape index (κ2) is 5.99. The first-order chi connectivity index (χ1) is 12.0. The van der Waals surface area contributed by atoms with Crippen molar-refractivity contribution in [2.24, 2.45) is 0 Å². The van der Waals surface area contributed by atoms with E-state index in [0.717, 1.165) is 25.7 Å². The second-order valence-corrected chi connectivity index (χ2v) is 5.89. The van der Waals surface area contributed by atoms with E-state index in [4.69, 9.17) is 0 Å². The highest BCUT2D eigenvalue weighted by Gasteiger charge is 2.36. The van der Waals surface area contributed by atoms with Gasteiger partial charge in [0.2, 0.25) is 5.95 Å². The molecule has 3 N–H and O–H groups in total. The summed E-state index contributed by atoms with van der Waals surface area (Å²) in [7, 11) is 0. The quantitative estimate of drug-likeness (QED) is 0.678. The van der Waals surface area contributed by atoms with Gasteiger partial charge in [-0.25, -0.2) is 15.0 Å². The van der Waals surface area contributed by atoms with Gasteiger partial charge in [-0.1, -0.05) is 0 Å². The Morgan fingerprint density at radius 1 is 1.24 bits per heavy atom. The number of hydrogen-bond acceptors (Lipinski definition) is 5. The molecule has 1 saturated heterocycles. The lowest BCUT2D eigenvalue weighted by molar-refractivity contribution is -0.137. The van der Waals surface area contributed by atoms with Gasteiger partial charge in [-0.3, -0.25) is 0 Å². The number of H-pyrrole nitrogens is 1. The van der Waals surface area contributed by atoms with Crippen molar-refractivity contribution in [3.05, 3.63) is 36.3 Å². The van der Waals surface area contributed by atoms with Crippen molar-refractivity contribution in [2.45, 2.75) is 18.6 Å². The van der Waals surface area contributed by atoms with Gasteiger partial charge >= 0.3 is 6.18 Å². The molecule has 25 heavy (non-hydrogen) atoms. The summed E-state index contributed by atoms with van der Waals surface area (Å²) in [6, 6.07) is 3.50. The Morgan fingerprint density at radius 3 is 2.88 bits per heavy atom. The number of hydrogen-bond donors (Lipinski definition) is 3. The summed E-state index contributed by atoms with van der Waals surface area (Å²) in [5.41, 5.74) is -0.160. The summed E-state index contributed by atoms with van der Waals surface area (Å²) in [5, 5.41) is 6.86. The number of aromatic amines is 1. The molecule has 0 saturated carbocycles. The molecule has 0 aromatic carbocycles. The van der Waals surface area contributed by atoms with Crippen LogP contribution in [-0.4, -0.2) is 39.1 Å². The van der Waals surface area contributed by atoms with Crippen molar-refractivity contribution in [2.75, 3.05) is 18.4 Å². The first-order valence-electron chi connectivity index (χ1n) is 7.86. The third-order valence-corrected chi connectivity index (χ3v) is 4.19. The van der Waals surface area contributed by atoms with E-state index in [2.05, 4.69) is 30.6 Å². The highest BCUT2D eigenvalue weighted by Crippen LogP contribution is 2.38. The van der Waals surface area contributed by atoms with Crippen LogP contribution in [0.3, 0.4) is 0 Å². The van der Waals surface area contributed by atoms with E-state index in [-0.39, 0.29) is 17.7 Å². The number of nitrogens with one attached hydrogen (secondary N) is 3. The molecule has 1 fully saturated rings. The van der Waals surface area contributed by atoms with Crippen LogP contribution < -0.4 is 10.6 Å². The molecule has 1 unspecified atom stereocenters. The molecule has 3 aromatic heterocycles. The molecule has 0 radical (unpaired) electrons. The fourth-order valence-electron chi connectivity index (χ4n) is 2.98. The van der Waals surface area contributed by atoms with Crippen LogP contribution in [0.1, 0.15) is 12.0 Å². The van der Waals surface area contributed by atoms with Gasteiger partial charge in [-0.15, -0.1) is 0 Å². The van der Waals surface area contributed by atoms with E-state index < -0.39 is 11.7 Å². The van der Waals surface area contributed by atoms with Crippen LogP contribution in [0.4, 0.5) is 19.1 Å². The van der Waals surface area contributed by atoms with E-state index in [1.165, 1.54) is 6.20 Å². The molecular formula is C16H15F3N6. The molecule has 1 aliphatic rings. The Morgan fingerprint density at radius 2 is 2.12 bits per heavy atom. The number of nitrogens with zero attached hydrogens (tertiary/aromatic N) is 3. The maximum absolute atomic E-state index is 13.4. The molecule has 3 aromatic rings. The fourth-order valence-corrected chi connectivity index (χ4v) is 2.98. The molecule has 0 aliphatic carbocycles. The number of pyridine rings is 1. The van der Waals surface area contributed by atoms with E-state index >= 15 is 0 Å². The van der Waals surface area contributed by atoms with Gasteiger partial charge in [0.25, 0.3) is 0 Å². The molecule has 4 heterocycles. The van der Waals surface area contributed by atoms with Crippen LogP contribution in [0, 0.1) is 0 Å². The molecule has 0 amide bonds. The molecule has 4 rings (SSSR count). The summed E-state index contributed by atoms with van der Waals surface area (Å²) in [6.45, 7) is 1.59. The third kappa shape index (κ3) is 3.02. The monoisotopic (exact) mass is 348 g/mol. The predicted molar refractivity (Wildman–Crippen MR) is 87.0 cm³/mol. The minimum absolute atomic E-state index is 0.106. The summed E-state index contributed by atoms with van der Waals surface area (Å²) < 4.78 is 40.3. The van der Waals surface area contributed by atoms with E-state index in [9.17, 15) is 13.2 Å². The predicted octanol–water partition coefficient (Wildman–Crippen LogP) is 2.81. The maximum atomic E-state index is 13.4. The van der Waals surface area contributed by atoms with Crippen molar-refractivity contribution in [3.8, 4) is 11.3 Å². The Bertz CT molecular complexity index is 898. The maximum Gasteiger partial charge on any atom is 0.419 e. The first kappa shape index (κ1) is 15.8. The number of fused-ring (bicyclic) bond motifs is 1. The molecule has 130 valence electrons. The molecule has 1 atom stereocenters. The Balaban J connectivity index is 1.82. The van der Waals surface area contributed by atoms with Crippen LogP contribution in [-0.2, 0) is 6.18 Å². The molecule has 0 spiro atoms. The summed E-state index contributed by atoms with van der Waals surface area (Å²) in [6.07, 6.45) is 0.233. The van der Waals surface area contributed by atoms with E-state index in [0.29, 0.717) is 16.6 Å². The molecule has 6 nitrogen and oxygen atoms in total. The summed E-state index contributed by atoms with van der Waals surface area (Å²) in [5.74, 6) is 0.190. The summed E-state index contributed by atoms with van der Waals surface area (Å²) in [4.78, 5) is 15.1. The highest BCUT2D eigenvalue weighted by atomic mass is 19.4. The first-order valence-corrected chi connectivity index (χ1v) is 7.86. The minimum Gasteiger partial charge on any atom is -0.350 e. The van der Waals surface area contributed by atoms with Crippen molar-refractivity contribution >= 4 is 17.0 Å². The van der Waals surface area contributed by atoms with Crippen molar-refractivity contribution in [3.63, 3.8) is 0 Å². The van der Waals surface area contributed by atoms with Gasteiger partial charge < -0.3 is 15.6 Å². The SMILES string of the molecule is FC(F)(F)c1cnc(NC2CCNC2)nc1-c1c[nH]c2ncccc12. The largest absolute Gasteiger partial charge is 0.419 e. The van der Waals surface area contributed by atoms with Gasteiger partial charge in [-0.2, -0.15) is 13.2 Å². The minimum atomic E-state index is -4.55. The Labute approximate surface area is 140 Å². The third-order valence-electron chi connectivity index (χ3n) is 4.19. The lowest BCUT2D eigenvalue weighted by Crippen LogP contribution is -2.24. The lowest BCUT2D eigenvalue weighted by atomic mass is 10.1. The van der Waals surface area contributed by atoms with Crippen LogP contribution in [0.25, 0.3) is 22.3 Å². The topological polar surface area (TPSA) is 78.5 Å². The van der Waals surface area contributed by atoms with Crippen molar-refractivity contribution < 1.29 is 13.2 Å². The number of halogens is 3. The average molecular weight is 348 g/mol. The van der Waals surface area contributed by atoms with Gasteiger partial charge in [0.15, 0.2) is 0 Å². The van der Waals surface area contributed by atoms with E-state index in [1.807, 2.05) is 0 Å². The van der Waals surface area contributed by atoms with Crippen molar-refractivity contribution in [1.29, 1.82) is 0 Å². The molecule has 1 aliphatic heterocycles. The number of rotatable bonds is 3. The van der Waals surface area contributed by atoms with Gasteiger partial charge in [0.1, 0.15) is 11.2 Å². The van der Waals surface area contributed by atoms with Crippen LogP contribution in [0.2, 0.25) is 0 Å². The van der Waals surface area contributed by atoms with Crippen LogP contribution in [0.15, 0.2) is 30.7 Å². The zero-order chi connectivity index (χ0) is 17.4. The Hall–Kier alpha value is -2.68. The average Bonchev–Trinajstić information content (AvgIpc) is 3.23. The van der Waals surface area contributed by atoms with Crippen LogP contribution >= 0.6 is 0 Å². The highest BCUT2D eigenvalue weighted by molar-refractivity contribution is 5.93. The molecular weight excluding hydrogens is 333 g/mol. The smallest absolute Gasteiger partial charge is 0.350 e. The number of aromatic nitrogens is 4. The zero-order valence-corrected chi connectivity index (χ0v) is 13.1. The zero-order valence-electron chi connectivity index (χ0n) is 13.1. The van der Waals surface area contributed by atoms with Gasteiger partial charge in [0, 0.05) is 42.1 Å². The van der Waals surface area contributed by atoms with E-state index in [1.54, 1.807) is 18.3 Å². The summed E-state index contributed by atoms with van der Waals surface area (Å²) >= 11 is 0. The number of anilines is 1. The number of alkyl halides is 3.